The molecular formula is C17H24BrN3O. The Bertz CT molecular complexity index is 539. The monoisotopic (exact) mass is 365 g/mol. The summed E-state index contributed by atoms with van der Waals surface area (Å²) in [6, 6.07) is 7.17. The van der Waals surface area contributed by atoms with Gasteiger partial charge in [-0.25, -0.2) is 10.2 Å². The molecule has 2 unspecified atom stereocenters. The number of rotatable bonds is 3. The molecule has 4 nitrogen and oxygen atoms in total. The van der Waals surface area contributed by atoms with Crippen molar-refractivity contribution in [3.05, 3.63) is 28.7 Å². The number of urea groups is 1. The number of amides is 2. The molecule has 1 aliphatic rings. The smallest absolute Gasteiger partial charge is 0.307 e. The van der Waals surface area contributed by atoms with Crippen molar-refractivity contribution in [2.75, 3.05) is 5.32 Å². The Hall–Kier alpha value is -1.36. The summed E-state index contributed by atoms with van der Waals surface area (Å²) in [6.07, 6.45) is 3.56. The number of nitrogens with one attached hydrogen (secondary N) is 2. The third-order valence-electron chi connectivity index (χ3n) is 4.23. The third-order valence-corrected chi connectivity index (χ3v) is 4.76. The second-order valence-electron chi connectivity index (χ2n) is 6.29. The molecule has 2 rings (SSSR count). The van der Waals surface area contributed by atoms with Crippen molar-refractivity contribution < 1.29 is 4.79 Å². The highest BCUT2D eigenvalue weighted by molar-refractivity contribution is 9.10. The molecule has 0 heterocycles. The van der Waals surface area contributed by atoms with Gasteiger partial charge in [0, 0.05) is 21.8 Å². The van der Waals surface area contributed by atoms with Gasteiger partial charge in [0.25, 0.3) is 0 Å². The van der Waals surface area contributed by atoms with Gasteiger partial charge in [0.2, 0.25) is 0 Å². The molecule has 0 aliphatic heterocycles. The topological polar surface area (TPSA) is 53.5 Å². The van der Waals surface area contributed by atoms with Crippen LogP contribution in [0.25, 0.3) is 0 Å². The lowest BCUT2D eigenvalue weighted by Crippen LogP contribution is -2.34. The lowest BCUT2D eigenvalue weighted by molar-refractivity contribution is 0.252. The molecule has 1 aromatic rings. The summed E-state index contributed by atoms with van der Waals surface area (Å²) in [5.41, 5.74) is 4.54. The molecule has 1 fully saturated rings. The fraction of sp³-hybridized carbons (Fsp3) is 0.529. The normalized spacial score (nSPS) is 23.6. The number of carbonyl (C=O) groups is 1. The first-order valence-electron chi connectivity index (χ1n) is 7.87. The number of benzene rings is 1. The molecule has 1 aliphatic carbocycles. The van der Waals surface area contributed by atoms with Crippen molar-refractivity contribution >= 4 is 33.4 Å². The van der Waals surface area contributed by atoms with E-state index in [2.05, 4.69) is 52.5 Å². The van der Waals surface area contributed by atoms with Crippen LogP contribution < -0.4 is 10.7 Å². The highest BCUT2D eigenvalue weighted by Crippen LogP contribution is 2.31. The molecule has 0 spiro atoms. The zero-order chi connectivity index (χ0) is 16.1. The molecule has 22 heavy (non-hydrogen) atoms. The van der Waals surface area contributed by atoms with Gasteiger partial charge in [0.15, 0.2) is 0 Å². The van der Waals surface area contributed by atoms with Gasteiger partial charge < -0.3 is 5.32 Å². The van der Waals surface area contributed by atoms with E-state index in [1.165, 1.54) is 6.42 Å². The summed E-state index contributed by atoms with van der Waals surface area (Å²) < 4.78 is 0.981. The van der Waals surface area contributed by atoms with E-state index in [4.69, 9.17) is 0 Å². The fourth-order valence-corrected chi connectivity index (χ4v) is 3.25. The fourth-order valence-electron chi connectivity index (χ4n) is 2.98. The zero-order valence-electron chi connectivity index (χ0n) is 13.4. The summed E-state index contributed by atoms with van der Waals surface area (Å²) in [7, 11) is 0. The van der Waals surface area contributed by atoms with Gasteiger partial charge >= 0.3 is 6.03 Å². The minimum Gasteiger partial charge on any atom is -0.307 e. The molecule has 120 valence electrons. The lowest BCUT2D eigenvalue weighted by atomic mass is 9.75. The van der Waals surface area contributed by atoms with Crippen LogP contribution in [-0.4, -0.2) is 11.7 Å². The average Bonchev–Trinajstić information content (AvgIpc) is 2.48. The highest BCUT2D eigenvalue weighted by atomic mass is 79.9. The van der Waals surface area contributed by atoms with E-state index in [9.17, 15) is 4.79 Å². The molecule has 5 heteroatoms. The molecule has 2 amide bonds. The number of nitrogens with zero attached hydrogens (tertiary/aromatic N) is 1. The minimum atomic E-state index is -0.296. The number of hydrazone groups is 1. The van der Waals surface area contributed by atoms with Crippen LogP contribution in [0.3, 0.4) is 0 Å². The van der Waals surface area contributed by atoms with Crippen LogP contribution in [0, 0.1) is 17.8 Å². The van der Waals surface area contributed by atoms with Gasteiger partial charge in [-0.3, -0.25) is 0 Å². The van der Waals surface area contributed by atoms with Crippen LogP contribution >= 0.6 is 15.9 Å². The van der Waals surface area contributed by atoms with Crippen molar-refractivity contribution in [2.45, 2.75) is 40.0 Å². The van der Waals surface area contributed by atoms with Gasteiger partial charge in [0.05, 0.1) is 0 Å². The second kappa shape index (κ2) is 7.77. The first-order valence-corrected chi connectivity index (χ1v) is 8.66. The molecule has 0 radical (unpaired) electrons. The summed E-state index contributed by atoms with van der Waals surface area (Å²) in [5, 5.41) is 7.22. The number of halogens is 1. The molecule has 1 aromatic carbocycles. The Labute approximate surface area is 140 Å². The van der Waals surface area contributed by atoms with Gasteiger partial charge in [0.1, 0.15) is 0 Å². The number of anilines is 1. The summed E-state index contributed by atoms with van der Waals surface area (Å²) in [5.74, 6) is 1.46. The maximum absolute atomic E-state index is 12.0. The van der Waals surface area contributed by atoms with Crippen LogP contribution in [0.4, 0.5) is 10.5 Å². The standard InChI is InChI=1S/C17H24BrN3O/c1-11(2)15-6-4-5-12(3)16(15)20-21-17(22)19-14-9-7-13(18)8-10-14/h7-12,15H,4-6H2,1-3H3,(H2,19,21,22)/b20-16-. The van der Waals surface area contributed by atoms with E-state index in [0.29, 0.717) is 17.8 Å². The molecule has 2 atom stereocenters. The van der Waals surface area contributed by atoms with E-state index in [0.717, 1.165) is 28.7 Å². The Morgan fingerprint density at radius 1 is 1.27 bits per heavy atom. The predicted molar refractivity (Wildman–Crippen MR) is 95.1 cm³/mol. The van der Waals surface area contributed by atoms with Gasteiger partial charge in [-0.2, -0.15) is 5.10 Å². The van der Waals surface area contributed by atoms with Crippen LogP contribution in [0.5, 0.6) is 0 Å². The Morgan fingerprint density at radius 3 is 2.59 bits per heavy atom. The molecule has 0 saturated heterocycles. The number of carbonyl (C=O) groups excluding carboxylic acids is 1. The van der Waals surface area contributed by atoms with Crippen LogP contribution in [0.15, 0.2) is 33.8 Å². The van der Waals surface area contributed by atoms with Gasteiger partial charge in [-0.05, 0) is 48.9 Å². The maximum Gasteiger partial charge on any atom is 0.339 e. The maximum atomic E-state index is 12.0. The summed E-state index contributed by atoms with van der Waals surface area (Å²) >= 11 is 3.37. The van der Waals surface area contributed by atoms with E-state index in [-0.39, 0.29) is 6.03 Å². The van der Waals surface area contributed by atoms with E-state index in [1.807, 2.05) is 24.3 Å². The van der Waals surface area contributed by atoms with Crippen LogP contribution in [0.2, 0.25) is 0 Å². The van der Waals surface area contributed by atoms with Gasteiger partial charge in [-0.15, -0.1) is 0 Å². The van der Waals surface area contributed by atoms with Crippen molar-refractivity contribution in [3.8, 4) is 0 Å². The van der Waals surface area contributed by atoms with Crippen molar-refractivity contribution in [1.82, 2.24) is 5.43 Å². The third kappa shape index (κ3) is 4.57. The van der Waals surface area contributed by atoms with Crippen LogP contribution in [0.1, 0.15) is 40.0 Å². The Kier molecular flexibility index (Phi) is 6.00. The first kappa shape index (κ1) is 17.0. The quantitative estimate of drug-likeness (QED) is 0.725. The predicted octanol–water partition coefficient (Wildman–Crippen LogP) is 5.02. The van der Waals surface area contributed by atoms with E-state index < -0.39 is 0 Å². The molecule has 2 N–H and O–H groups in total. The van der Waals surface area contributed by atoms with E-state index in [1.54, 1.807) is 0 Å². The average molecular weight is 366 g/mol. The lowest BCUT2D eigenvalue weighted by Gasteiger charge is -2.31. The number of hydrogen-bond acceptors (Lipinski definition) is 2. The second-order valence-corrected chi connectivity index (χ2v) is 7.21. The van der Waals surface area contributed by atoms with Crippen molar-refractivity contribution in [2.24, 2.45) is 22.9 Å². The van der Waals surface area contributed by atoms with Gasteiger partial charge in [-0.1, -0.05) is 43.1 Å². The van der Waals surface area contributed by atoms with E-state index >= 15 is 0 Å². The summed E-state index contributed by atoms with van der Waals surface area (Å²) in [6.45, 7) is 6.64. The molecule has 0 aromatic heterocycles. The highest BCUT2D eigenvalue weighted by Gasteiger charge is 2.28. The van der Waals surface area contributed by atoms with Crippen molar-refractivity contribution in [1.29, 1.82) is 0 Å². The summed E-state index contributed by atoms with van der Waals surface area (Å²) in [4.78, 5) is 12.0. The van der Waals surface area contributed by atoms with Crippen molar-refractivity contribution in [3.63, 3.8) is 0 Å². The Balaban J connectivity index is 1.99. The molecular weight excluding hydrogens is 342 g/mol. The first-order chi connectivity index (χ1) is 10.5. The minimum absolute atomic E-state index is 0.296. The largest absolute Gasteiger partial charge is 0.339 e. The zero-order valence-corrected chi connectivity index (χ0v) is 15.0. The number of hydrogen-bond donors (Lipinski definition) is 2. The van der Waals surface area contributed by atoms with Crippen LogP contribution in [-0.2, 0) is 0 Å². The molecule has 0 bridgehead atoms. The Morgan fingerprint density at radius 2 is 1.95 bits per heavy atom. The SMILES string of the molecule is CC1CCCC(C(C)C)/C1=N\NC(=O)Nc1ccc(Br)cc1. The molecule has 1 saturated carbocycles.